The van der Waals surface area contributed by atoms with Crippen molar-refractivity contribution in [1.29, 1.82) is 0 Å². The SMILES string of the molecule is CC1C(Cl)CCCN1c1ncccn1. The van der Waals surface area contributed by atoms with Crippen molar-refractivity contribution in [1.82, 2.24) is 9.97 Å². The Hall–Kier alpha value is -0.830. The third-order valence-corrected chi connectivity index (χ3v) is 3.29. The van der Waals surface area contributed by atoms with Crippen molar-refractivity contribution in [2.75, 3.05) is 11.4 Å². The van der Waals surface area contributed by atoms with E-state index in [-0.39, 0.29) is 5.38 Å². The van der Waals surface area contributed by atoms with E-state index in [2.05, 4.69) is 21.8 Å². The summed E-state index contributed by atoms with van der Waals surface area (Å²) < 4.78 is 0. The highest BCUT2D eigenvalue weighted by Crippen LogP contribution is 2.24. The largest absolute Gasteiger partial charge is 0.337 e. The van der Waals surface area contributed by atoms with E-state index in [1.54, 1.807) is 12.4 Å². The summed E-state index contributed by atoms with van der Waals surface area (Å²) in [5.41, 5.74) is 0. The number of hydrogen-bond donors (Lipinski definition) is 0. The first-order chi connectivity index (χ1) is 6.79. The molecule has 1 aromatic heterocycles. The number of alkyl halides is 1. The first-order valence-electron chi connectivity index (χ1n) is 4.97. The van der Waals surface area contributed by atoms with Gasteiger partial charge in [-0.1, -0.05) is 0 Å². The quantitative estimate of drug-likeness (QED) is 0.666. The van der Waals surface area contributed by atoms with Gasteiger partial charge in [-0.15, -0.1) is 11.6 Å². The van der Waals surface area contributed by atoms with E-state index in [0.717, 1.165) is 25.3 Å². The Balaban J connectivity index is 2.17. The number of rotatable bonds is 1. The Morgan fingerprint density at radius 1 is 1.43 bits per heavy atom. The molecule has 1 fully saturated rings. The zero-order valence-electron chi connectivity index (χ0n) is 8.23. The molecular formula is C10H14ClN3. The number of hydrogen-bond acceptors (Lipinski definition) is 3. The average molecular weight is 212 g/mol. The zero-order valence-corrected chi connectivity index (χ0v) is 8.98. The van der Waals surface area contributed by atoms with Crippen molar-refractivity contribution in [3.05, 3.63) is 18.5 Å². The number of halogens is 1. The van der Waals surface area contributed by atoms with Crippen LogP contribution < -0.4 is 4.90 Å². The highest BCUT2D eigenvalue weighted by atomic mass is 35.5. The summed E-state index contributed by atoms with van der Waals surface area (Å²) in [4.78, 5) is 10.7. The Labute approximate surface area is 89.1 Å². The van der Waals surface area contributed by atoms with Crippen LogP contribution in [0.3, 0.4) is 0 Å². The summed E-state index contributed by atoms with van der Waals surface area (Å²) in [5.74, 6) is 0.797. The molecule has 2 unspecified atom stereocenters. The van der Waals surface area contributed by atoms with Crippen LogP contribution in [0.2, 0.25) is 0 Å². The molecule has 3 nitrogen and oxygen atoms in total. The fourth-order valence-electron chi connectivity index (χ4n) is 1.82. The van der Waals surface area contributed by atoms with Crippen molar-refractivity contribution in [3.8, 4) is 0 Å². The number of piperidine rings is 1. The normalized spacial score (nSPS) is 27.7. The predicted octanol–water partition coefficient (Wildman–Crippen LogP) is 2.07. The third-order valence-electron chi connectivity index (χ3n) is 2.70. The molecule has 76 valence electrons. The van der Waals surface area contributed by atoms with Gasteiger partial charge in [0.25, 0.3) is 0 Å². The van der Waals surface area contributed by atoms with Gasteiger partial charge in [0.15, 0.2) is 0 Å². The van der Waals surface area contributed by atoms with Crippen LogP contribution in [0, 0.1) is 0 Å². The van der Waals surface area contributed by atoms with E-state index in [9.17, 15) is 0 Å². The van der Waals surface area contributed by atoms with E-state index >= 15 is 0 Å². The molecule has 0 aliphatic carbocycles. The molecular weight excluding hydrogens is 198 g/mol. The molecule has 1 aliphatic rings. The average Bonchev–Trinajstić information content (AvgIpc) is 2.23. The van der Waals surface area contributed by atoms with Crippen LogP contribution in [-0.4, -0.2) is 27.9 Å². The Morgan fingerprint density at radius 2 is 2.14 bits per heavy atom. The summed E-state index contributed by atoms with van der Waals surface area (Å²) in [6.45, 7) is 3.14. The van der Waals surface area contributed by atoms with Gasteiger partial charge in [0.1, 0.15) is 0 Å². The van der Waals surface area contributed by atoms with E-state index in [1.165, 1.54) is 0 Å². The topological polar surface area (TPSA) is 29.0 Å². The van der Waals surface area contributed by atoms with Crippen molar-refractivity contribution < 1.29 is 0 Å². The smallest absolute Gasteiger partial charge is 0.225 e. The first-order valence-corrected chi connectivity index (χ1v) is 5.40. The maximum Gasteiger partial charge on any atom is 0.225 e. The molecule has 2 atom stereocenters. The van der Waals surface area contributed by atoms with Gasteiger partial charge in [-0.2, -0.15) is 0 Å². The minimum atomic E-state index is 0.215. The monoisotopic (exact) mass is 211 g/mol. The van der Waals surface area contributed by atoms with Crippen LogP contribution in [0.25, 0.3) is 0 Å². The van der Waals surface area contributed by atoms with Gasteiger partial charge in [-0.3, -0.25) is 0 Å². The molecule has 4 heteroatoms. The van der Waals surface area contributed by atoms with Crippen LogP contribution in [0.15, 0.2) is 18.5 Å². The van der Waals surface area contributed by atoms with Crippen LogP contribution >= 0.6 is 11.6 Å². The van der Waals surface area contributed by atoms with Gasteiger partial charge in [0, 0.05) is 25.0 Å². The molecule has 0 radical (unpaired) electrons. The fourth-order valence-corrected chi connectivity index (χ4v) is 2.11. The molecule has 0 amide bonds. The summed E-state index contributed by atoms with van der Waals surface area (Å²) in [6.07, 6.45) is 5.75. The Kier molecular flexibility index (Phi) is 2.87. The summed E-state index contributed by atoms with van der Waals surface area (Å²) >= 11 is 6.21. The lowest BCUT2D eigenvalue weighted by atomic mass is 10.0. The molecule has 2 rings (SSSR count). The van der Waals surface area contributed by atoms with Crippen molar-refractivity contribution >= 4 is 17.5 Å². The second kappa shape index (κ2) is 4.13. The van der Waals surface area contributed by atoms with Crippen molar-refractivity contribution in [2.24, 2.45) is 0 Å². The van der Waals surface area contributed by atoms with Crippen LogP contribution in [0.5, 0.6) is 0 Å². The number of nitrogens with zero attached hydrogens (tertiary/aromatic N) is 3. The van der Waals surface area contributed by atoms with Gasteiger partial charge >= 0.3 is 0 Å². The lowest BCUT2D eigenvalue weighted by Crippen LogP contribution is -2.45. The Bertz CT molecular complexity index is 291. The molecule has 0 spiro atoms. The summed E-state index contributed by atoms with van der Waals surface area (Å²) in [7, 11) is 0. The minimum absolute atomic E-state index is 0.215. The second-order valence-electron chi connectivity index (χ2n) is 3.64. The summed E-state index contributed by atoms with van der Waals surface area (Å²) in [5, 5.41) is 0.215. The van der Waals surface area contributed by atoms with Gasteiger partial charge in [0.2, 0.25) is 5.95 Å². The highest BCUT2D eigenvalue weighted by Gasteiger charge is 2.27. The first kappa shape index (κ1) is 9.71. The van der Waals surface area contributed by atoms with E-state index in [0.29, 0.717) is 6.04 Å². The maximum atomic E-state index is 6.21. The molecule has 0 aromatic carbocycles. The molecule has 1 saturated heterocycles. The fraction of sp³-hybridized carbons (Fsp3) is 0.600. The van der Waals surface area contributed by atoms with Crippen LogP contribution in [0.4, 0.5) is 5.95 Å². The van der Waals surface area contributed by atoms with Gasteiger partial charge < -0.3 is 4.90 Å². The summed E-state index contributed by atoms with van der Waals surface area (Å²) in [6, 6.07) is 2.16. The highest BCUT2D eigenvalue weighted by molar-refractivity contribution is 6.21. The van der Waals surface area contributed by atoms with E-state index in [4.69, 9.17) is 11.6 Å². The molecule has 14 heavy (non-hydrogen) atoms. The van der Waals surface area contributed by atoms with Crippen LogP contribution in [0.1, 0.15) is 19.8 Å². The van der Waals surface area contributed by atoms with Crippen LogP contribution in [-0.2, 0) is 0 Å². The number of anilines is 1. The van der Waals surface area contributed by atoms with E-state index in [1.807, 2.05) is 6.07 Å². The molecule has 1 aromatic rings. The molecule has 2 heterocycles. The molecule has 1 aliphatic heterocycles. The lowest BCUT2D eigenvalue weighted by molar-refractivity contribution is 0.484. The lowest BCUT2D eigenvalue weighted by Gasteiger charge is -2.36. The van der Waals surface area contributed by atoms with Gasteiger partial charge in [-0.25, -0.2) is 9.97 Å². The predicted molar refractivity (Wildman–Crippen MR) is 57.7 cm³/mol. The van der Waals surface area contributed by atoms with Crippen molar-refractivity contribution in [2.45, 2.75) is 31.2 Å². The zero-order chi connectivity index (χ0) is 9.97. The molecule has 0 bridgehead atoms. The molecule has 0 N–H and O–H groups in total. The second-order valence-corrected chi connectivity index (χ2v) is 4.20. The van der Waals surface area contributed by atoms with Gasteiger partial charge in [-0.05, 0) is 25.8 Å². The minimum Gasteiger partial charge on any atom is -0.337 e. The third kappa shape index (κ3) is 1.82. The van der Waals surface area contributed by atoms with Gasteiger partial charge in [0.05, 0.1) is 5.38 Å². The molecule has 0 saturated carbocycles. The standard InChI is InChI=1S/C10H14ClN3/c1-8-9(11)4-2-7-14(8)10-12-5-3-6-13-10/h3,5-6,8-9H,2,4,7H2,1H3. The Morgan fingerprint density at radius 3 is 2.86 bits per heavy atom. The number of aromatic nitrogens is 2. The maximum absolute atomic E-state index is 6.21. The van der Waals surface area contributed by atoms with E-state index < -0.39 is 0 Å². The van der Waals surface area contributed by atoms with Crippen molar-refractivity contribution in [3.63, 3.8) is 0 Å².